The van der Waals surface area contributed by atoms with Crippen LogP contribution in [0.15, 0.2) is 30.3 Å². The van der Waals surface area contributed by atoms with Crippen molar-refractivity contribution >= 4 is 17.6 Å². The molecule has 1 N–H and O–H groups in total. The quantitative estimate of drug-likeness (QED) is 0.676. The Labute approximate surface area is 170 Å². The summed E-state index contributed by atoms with van der Waals surface area (Å²) < 4.78 is 21.3. The molecule has 7 heteroatoms. The Balaban J connectivity index is 2.33. The van der Waals surface area contributed by atoms with E-state index >= 15 is 0 Å². The Morgan fingerprint density at radius 3 is 2.24 bits per heavy atom. The van der Waals surface area contributed by atoms with Crippen LogP contribution in [0.25, 0.3) is 0 Å². The summed E-state index contributed by atoms with van der Waals surface area (Å²) >= 11 is 0. The van der Waals surface area contributed by atoms with Gasteiger partial charge in [0.2, 0.25) is 0 Å². The van der Waals surface area contributed by atoms with E-state index in [-0.39, 0.29) is 17.2 Å². The molecule has 0 heterocycles. The van der Waals surface area contributed by atoms with Crippen molar-refractivity contribution in [1.82, 2.24) is 0 Å². The van der Waals surface area contributed by atoms with Gasteiger partial charge in [0.25, 0.3) is 5.91 Å². The van der Waals surface area contributed by atoms with Crippen molar-refractivity contribution < 1.29 is 28.5 Å². The van der Waals surface area contributed by atoms with Gasteiger partial charge in [-0.15, -0.1) is 0 Å². The predicted octanol–water partition coefficient (Wildman–Crippen LogP) is 3.90. The lowest BCUT2D eigenvalue weighted by atomic mass is 10.1. The molecular weight excluding hydrogens is 374 g/mol. The number of rotatable bonds is 8. The van der Waals surface area contributed by atoms with E-state index in [9.17, 15) is 9.59 Å². The molecule has 0 radical (unpaired) electrons. The molecule has 2 rings (SSSR count). The normalized spacial score (nSPS) is 11.4. The number of benzene rings is 2. The molecule has 0 spiro atoms. The van der Waals surface area contributed by atoms with Gasteiger partial charge >= 0.3 is 5.97 Å². The number of methoxy groups -OCH3 is 3. The Morgan fingerprint density at radius 1 is 1.00 bits per heavy atom. The van der Waals surface area contributed by atoms with Crippen LogP contribution in [0.2, 0.25) is 0 Å². The van der Waals surface area contributed by atoms with Gasteiger partial charge in [-0.2, -0.15) is 0 Å². The lowest BCUT2D eigenvalue weighted by Crippen LogP contribution is -2.33. The number of aryl methyl sites for hydroxylation is 1. The number of esters is 1. The highest BCUT2D eigenvalue weighted by Gasteiger charge is 2.24. The van der Waals surface area contributed by atoms with Gasteiger partial charge in [-0.3, -0.25) is 4.79 Å². The topological polar surface area (TPSA) is 83.1 Å². The zero-order valence-electron chi connectivity index (χ0n) is 17.6. The minimum atomic E-state index is -0.742. The summed E-state index contributed by atoms with van der Waals surface area (Å²) in [5, 5.41) is 2.76. The first-order valence-corrected chi connectivity index (χ1v) is 9.24. The number of nitrogens with one attached hydrogen (secondary N) is 1. The summed E-state index contributed by atoms with van der Waals surface area (Å²) in [4.78, 5) is 25.1. The second kappa shape index (κ2) is 9.82. The molecule has 0 aliphatic carbocycles. The Hall–Kier alpha value is -3.22. The number of carbonyl (C=O) groups is 2. The third-order valence-corrected chi connectivity index (χ3v) is 4.67. The molecule has 2 aromatic rings. The summed E-state index contributed by atoms with van der Waals surface area (Å²) in [6.07, 6.45) is -0.297. The lowest BCUT2D eigenvalue weighted by molar-refractivity contribution is -0.122. The lowest BCUT2D eigenvalue weighted by Gasteiger charge is -2.20. The maximum atomic E-state index is 12.9. The van der Waals surface area contributed by atoms with E-state index in [0.29, 0.717) is 23.7 Å². The fourth-order valence-electron chi connectivity index (χ4n) is 2.80. The number of ether oxygens (including phenoxy) is 4. The molecule has 1 amide bonds. The summed E-state index contributed by atoms with van der Waals surface area (Å²) in [7, 11) is 4.20. The van der Waals surface area contributed by atoms with Gasteiger partial charge in [0.05, 0.1) is 32.6 Å². The molecule has 0 aliphatic rings. The minimum Gasteiger partial charge on any atom is -0.493 e. The molecule has 29 heavy (non-hydrogen) atoms. The van der Waals surface area contributed by atoms with Gasteiger partial charge in [-0.1, -0.05) is 19.1 Å². The number of hydrogen-bond acceptors (Lipinski definition) is 6. The molecule has 0 saturated carbocycles. The molecule has 1 unspecified atom stereocenters. The smallest absolute Gasteiger partial charge is 0.340 e. The van der Waals surface area contributed by atoms with Crippen LogP contribution >= 0.6 is 0 Å². The summed E-state index contributed by atoms with van der Waals surface area (Å²) in [6.45, 7) is 5.78. The second-order valence-corrected chi connectivity index (χ2v) is 6.45. The fourth-order valence-corrected chi connectivity index (χ4v) is 2.80. The van der Waals surface area contributed by atoms with Crippen LogP contribution in [0.3, 0.4) is 0 Å². The largest absolute Gasteiger partial charge is 0.493 e. The van der Waals surface area contributed by atoms with E-state index < -0.39 is 12.1 Å². The first-order chi connectivity index (χ1) is 13.9. The molecule has 0 bridgehead atoms. The van der Waals surface area contributed by atoms with Crippen LogP contribution < -0.4 is 19.5 Å². The van der Waals surface area contributed by atoms with Gasteiger partial charge in [0, 0.05) is 12.1 Å². The Kier molecular flexibility index (Phi) is 7.47. The van der Waals surface area contributed by atoms with Crippen molar-refractivity contribution in [2.24, 2.45) is 0 Å². The second-order valence-electron chi connectivity index (χ2n) is 6.45. The molecule has 0 aliphatic heterocycles. The van der Waals surface area contributed by atoms with Crippen LogP contribution in [-0.4, -0.2) is 39.3 Å². The molecule has 2 aromatic carbocycles. The van der Waals surface area contributed by atoms with Crippen molar-refractivity contribution in [2.45, 2.75) is 33.3 Å². The summed E-state index contributed by atoms with van der Waals surface area (Å²) in [5.41, 5.74) is 2.45. The van der Waals surface area contributed by atoms with E-state index in [4.69, 9.17) is 18.9 Å². The van der Waals surface area contributed by atoms with Crippen molar-refractivity contribution in [1.29, 1.82) is 0 Å². The first-order valence-electron chi connectivity index (χ1n) is 9.24. The molecule has 0 aromatic heterocycles. The number of amides is 1. The van der Waals surface area contributed by atoms with Gasteiger partial charge in [0.15, 0.2) is 17.6 Å². The third-order valence-electron chi connectivity index (χ3n) is 4.67. The molecule has 7 nitrogen and oxygen atoms in total. The van der Waals surface area contributed by atoms with Crippen molar-refractivity contribution in [2.75, 3.05) is 26.6 Å². The standard InChI is InChI=1S/C22H27NO6/c1-7-17(29-18-10-8-9-13(2)14(18)3)21(24)23-16-12-20(27-5)19(26-4)11-15(16)22(25)28-6/h8-12,17H,7H2,1-6H3,(H,23,24). The highest BCUT2D eigenvalue weighted by Crippen LogP contribution is 2.34. The van der Waals surface area contributed by atoms with Crippen molar-refractivity contribution in [3.8, 4) is 17.2 Å². The van der Waals surface area contributed by atoms with Gasteiger partial charge in [0.1, 0.15) is 5.75 Å². The van der Waals surface area contributed by atoms with E-state index in [2.05, 4.69) is 5.32 Å². The number of carbonyl (C=O) groups excluding carboxylic acids is 2. The van der Waals surface area contributed by atoms with Crippen LogP contribution in [0.1, 0.15) is 34.8 Å². The van der Waals surface area contributed by atoms with Crippen LogP contribution in [0, 0.1) is 13.8 Å². The molecule has 0 fully saturated rings. The van der Waals surface area contributed by atoms with Crippen molar-refractivity contribution in [3.05, 3.63) is 47.0 Å². The zero-order valence-corrected chi connectivity index (χ0v) is 17.6. The highest BCUT2D eigenvalue weighted by atomic mass is 16.5. The van der Waals surface area contributed by atoms with E-state index in [1.165, 1.54) is 33.5 Å². The average molecular weight is 401 g/mol. The van der Waals surface area contributed by atoms with E-state index in [0.717, 1.165) is 11.1 Å². The molecule has 0 saturated heterocycles. The SMILES string of the molecule is CCC(Oc1cccc(C)c1C)C(=O)Nc1cc(OC)c(OC)cc1C(=O)OC. The van der Waals surface area contributed by atoms with E-state index in [1.54, 1.807) is 0 Å². The number of anilines is 1. The Morgan fingerprint density at radius 2 is 1.66 bits per heavy atom. The summed E-state index contributed by atoms with van der Waals surface area (Å²) in [6, 6.07) is 8.68. The zero-order chi connectivity index (χ0) is 21.6. The summed E-state index contributed by atoms with van der Waals surface area (Å²) in [5.74, 6) is 0.381. The van der Waals surface area contributed by atoms with Gasteiger partial charge in [-0.25, -0.2) is 4.79 Å². The fraction of sp³-hybridized carbons (Fsp3) is 0.364. The number of hydrogen-bond donors (Lipinski definition) is 1. The van der Waals surface area contributed by atoms with Crippen LogP contribution in [0.4, 0.5) is 5.69 Å². The van der Waals surface area contributed by atoms with Crippen LogP contribution in [0.5, 0.6) is 17.2 Å². The van der Waals surface area contributed by atoms with Gasteiger partial charge in [-0.05, 0) is 37.5 Å². The van der Waals surface area contributed by atoms with E-state index in [1.807, 2.05) is 39.0 Å². The van der Waals surface area contributed by atoms with Crippen LogP contribution in [-0.2, 0) is 9.53 Å². The molecular formula is C22H27NO6. The maximum Gasteiger partial charge on any atom is 0.340 e. The molecule has 156 valence electrons. The monoisotopic (exact) mass is 401 g/mol. The first kappa shape index (κ1) is 22.1. The van der Waals surface area contributed by atoms with Crippen molar-refractivity contribution in [3.63, 3.8) is 0 Å². The van der Waals surface area contributed by atoms with Gasteiger partial charge < -0.3 is 24.3 Å². The maximum absolute atomic E-state index is 12.9. The minimum absolute atomic E-state index is 0.153. The predicted molar refractivity (Wildman–Crippen MR) is 110 cm³/mol. The average Bonchev–Trinajstić information content (AvgIpc) is 2.73. The molecule has 1 atom stereocenters. The Bertz CT molecular complexity index is 893. The highest BCUT2D eigenvalue weighted by molar-refractivity contribution is 6.03. The third kappa shape index (κ3) is 4.99.